The molecule has 1 unspecified atom stereocenters. The second-order valence-electron chi connectivity index (χ2n) is 4.46. The number of aryl methyl sites for hydroxylation is 1. The highest BCUT2D eigenvalue weighted by Gasteiger charge is 2.22. The van der Waals surface area contributed by atoms with Gasteiger partial charge in [-0.3, -0.25) is 5.32 Å². The molecule has 0 fully saturated rings. The predicted octanol–water partition coefficient (Wildman–Crippen LogP) is 2.00. The summed E-state index contributed by atoms with van der Waals surface area (Å²) in [5.41, 5.74) is 2.47. The van der Waals surface area contributed by atoms with Crippen LogP contribution in [0.2, 0.25) is 0 Å². The van der Waals surface area contributed by atoms with Crippen molar-refractivity contribution in [1.29, 1.82) is 0 Å². The quantitative estimate of drug-likeness (QED) is 0.812. The van der Waals surface area contributed by atoms with Gasteiger partial charge in [-0.2, -0.15) is 0 Å². The molecule has 0 aliphatic heterocycles. The Labute approximate surface area is 113 Å². The highest BCUT2D eigenvalue weighted by atomic mass is 16.5. The zero-order valence-electron chi connectivity index (χ0n) is 11.0. The third kappa shape index (κ3) is 3.27. The van der Waals surface area contributed by atoms with Crippen molar-refractivity contribution < 1.29 is 9.53 Å². The van der Waals surface area contributed by atoms with Crippen LogP contribution in [0, 0.1) is 12.3 Å². The van der Waals surface area contributed by atoms with Gasteiger partial charge in [0.1, 0.15) is 5.75 Å². The van der Waals surface area contributed by atoms with E-state index >= 15 is 0 Å². The molecule has 100 valence electrons. The SMILES string of the molecule is C#CCNC1CCc2cc(OC(=O)NCC)ccc21. The van der Waals surface area contributed by atoms with Crippen LogP contribution in [0.4, 0.5) is 4.79 Å². The molecule has 1 atom stereocenters. The number of fused-ring (bicyclic) bond motifs is 1. The molecular weight excluding hydrogens is 240 g/mol. The zero-order chi connectivity index (χ0) is 13.7. The molecule has 1 aliphatic carbocycles. The lowest BCUT2D eigenvalue weighted by Gasteiger charge is -2.12. The van der Waals surface area contributed by atoms with E-state index in [0.29, 0.717) is 24.9 Å². The summed E-state index contributed by atoms with van der Waals surface area (Å²) >= 11 is 0. The standard InChI is InChI=1S/C15H18N2O2/c1-3-9-17-14-8-5-11-10-12(6-7-13(11)14)19-15(18)16-4-2/h1,6-7,10,14,17H,4-5,8-9H2,2H3,(H,16,18). The van der Waals surface area contributed by atoms with E-state index in [1.165, 1.54) is 11.1 Å². The van der Waals surface area contributed by atoms with Crippen LogP contribution in [0.15, 0.2) is 18.2 Å². The summed E-state index contributed by atoms with van der Waals surface area (Å²) in [6, 6.07) is 6.07. The monoisotopic (exact) mass is 258 g/mol. The zero-order valence-corrected chi connectivity index (χ0v) is 11.0. The van der Waals surface area contributed by atoms with E-state index in [9.17, 15) is 4.79 Å². The van der Waals surface area contributed by atoms with E-state index in [4.69, 9.17) is 11.2 Å². The second-order valence-corrected chi connectivity index (χ2v) is 4.46. The lowest BCUT2D eigenvalue weighted by Crippen LogP contribution is -2.26. The maximum absolute atomic E-state index is 11.4. The van der Waals surface area contributed by atoms with Crippen LogP contribution in [0.25, 0.3) is 0 Å². The van der Waals surface area contributed by atoms with E-state index in [-0.39, 0.29) is 0 Å². The van der Waals surface area contributed by atoms with Crippen LogP contribution in [-0.2, 0) is 6.42 Å². The summed E-state index contributed by atoms with van der Waals surface area (Å²) in [4.78, 5) is 11.4. The van der Waals surface area contributed by atoms with E-state index < -0.39 is 6.09 Å². The molecule has 0 saturated heterocycles. The van der Waals surface area contributed by atoms with Crippen LogP contribution in [0.3, 0.4) is 0 Å². The Hall–Kier alpha value is -1.99. The molecule has 2 rings (SSSR count). The predicted molar refractivity (Wildman–Crippen MR) is 74.0 cm³/mol. The Morgan fingerprint density at radius 3 is 3.16 bits per heavy atom. The summed E-state index contributed by atoms with van der Waals surface area (Å²) in [7, 11) is 0. The van der Waals surface area contributed by atoms with Gasteiger partial charge >= 0.3 is 6.09 Å². The minimum atomic E-state index is -0.414. The third-order valence-corrected chi connectivity index (χ3v) is 3.17. The first-order valence-corrected chi connectivity index (χ1v) is 6.50. The lowest BCUT2D eigenvalue weighted by molar-refractivity contribution is 0.201. The first-order chi connectivity index (χ1) is 9.24. The number of amides is 1. The van der Waals surface area contributed by atoms with Crippen LogP contribution in [0.1, 0.15) is 30.5 Å². The summed E-state index contributed by atoms with van der Waals surface area (Å²) in [5, 5.41) is 5.91. The minimum absolute atomic E-state index is 0.310. The molecular formula is C15H18N2O2. The normalized spacial score (nSPS) is 16.5. The molecule has 0 bridgehead atoms. The van der Waals surface area contributed by atoms with Gasteiger partial charge in [0.2, 0.25) is 0 Å². The molecule has 0 saturated carbocycles. The Morgan fingerprint density at radius 1 is 1.58 bits per heavy atom. The van der Waals surface area contributed by atoms with Crippen molar-refractivity contribution in [2.75, 3.05) is 13.1 Å². The van der Waals surface area contributed by atoms with Crippen LogP contribution < -0.4 is 15.4 Å². The van der Waals surface area contributed by atoms with Gasteiger partial charge in [-0.05, 0) is 43.0 Å². The highest BCUT2D eigenvalue weighted by Crippen LogP contribution is 2.33. The van der Waals surface area contributed by atoms with Crippen LogP contribution in [-0.4, -0.2) is 19.2 Å². The number of benzene rings is 1. The first kappa shape index (κ1) is 13.4. The maximum atomic E-state index is 11.4. The van der Waals surface area contributed by atoms with Crippen molar-refractivity contribution in [3.63, 3.8) is 0 Å². The maximum Gasteiger partial charge on any atom is 0.412 e. The van der Waals surface area contributed by atoms with Gasteiger partial charge in [0.05, 0.1) is 6.54 Å². The average molecular weight is 258 g/mol. The number of hydrogen-bond donors (Lipinski definition) is 2. The highest BCUT2D eigenvalue weighted by molar-refractivity contribution is 5.70. The Morgan fingerprint density at radius 2 is 2.42 bits per heavy atom. The number of carbonyl (C=O) groups is 1. The Bertz CT molecular complexity index is 505. The molecule has 1 aliphatic rings. The molecule has 2 N–H and O–H groups in total. The molecule has 0 radical (unpaired) electrons. The number of terminal acetylenes is 1. The number of ether oxygens (including phenoxy) is 1. The number of carbonyl (C=O) groups excluding carboxylic acids is 1. The van der Waals surface area contributed by atoms with Gasteiger partial charge in [0.15, 0.2) is 0 Å². The van der Waals surface area contributed by atoms with Crippen molar-refractivity contribution in [3.05, 3.63) is 29.3 Å². The number of nitrogens with one attached hydrogen (secondary N) is 2. The van der Waals surface area contributed by atoms with Gasteiger partial charge in [0, 0.05) is 12.6 Å². The third-order valence-electron chi connectivity index (χ3n) is 3.17. The fourth-order valence-electron chi connectivity index (χ4n) is 2.34. The molecule has 4 nitrogen and oxygen atoms in total. The molecule has 0 aromatic heterocycles. The summed E-state index contributed by atoms with van der Waals surface area (Å²) < 4.78 is 5.19. The molecule has 1 amide bonds. The van der Waals surface area contributed by atoms with E-state index in [0.717, 1.165) is 12.8 Å². The second kappa shape index (κ2) is 6.26. The fraction of sp³-hybridized carbons (Fsp3) is 0.400. The molecule has 4 heteroatoms. The van der Waals surface area contributed by atoms with Gasteiger partial charge in [-0.25, -0.2) is 4.79 Å². The molecule has 0 spiro atoms. The number of rotatable bonds is 4. The largest absolute Gasteiger partial charge is 0.412 e. The fourth-order valence-corrected chi connectivity index (χ4v) is 2.34. The molecule has 1 aromatic carbocycles. The van der Waals surface area contributed by atoms with E-state index in [1.54, 1.807) is 0 Å². The van der Waals surface area contributed by atoms with Gasteiger partial charge in [0.25, 0.3) is 0 Å². The van der Waals surface area contributed by atoms with Gasteiger partial charge in [-0.15, -0.1) is 6.42 Å². The summed E-state index contributed by atoms with van der Waals surface area (Å²) in [5.74, 6) is 3.17. The lowest BCUT2D eigenvalue weighted by atomic mass is 10.1. The Balaban J connectivity index is 2.05. The molecule has 0 heterocycles. The van der Waals surface area contributed by atoms with E-state index in [2.05, 4.69) is 16.6 Å². The van der Waals surface area contributed by atoms with Crippen LogP contribution >= 0.6 is 0 Å². The van der Waals surface area contributed by atoms with E-state index in [1.807, 2.05) is 25.1 Å². The van der Waals surface area contributed by atoms with Crippen molar-refractivity contribution in [2.24, 2.45) is 0 Å². The summed E-state index contributed by atoms with van der Waals surface area (Å²) in [6.45, 7) is 2.98. The van der Waals surface area contributed by atoms with Gasteiger partial charge in [-0.1, -0.05) is 12.0 Å². The van der Waals surface area contributed by atoms with Crippen molar-refractivity contribution in [1.82, 2.24) is 10.6 Å². The Kier molecular flexibility index (Phi) is 4.43. The topological polar surface area (TPSA) is 50.4 Å². The average Bonchev–Trinajstić information content (AvgIpc) is 2.79. The molecule has 19 heavy (non-hydrogen) atoms. The van der Waals surface area contributed by atoms with Crippen molar-refractivity contribution >= 4 is 6.09 Å². The summed E-state index contributed by atoms with van der Waals surface area (Å²) in [6.07, 6.45) is 6.85. The minimum Gasteiger partial charge on any atom is -0.410 e. The first-order valence-electron chi connectivity index (χ1n) is 6.50. The smallest absolute Gasteiger partial charge is 0.410 e. The van der Waals surface area contributed by atoms with Crippen molar-refractivity contribution in [2.45, 2.75) is 25.8 Å². The molecule has 1 aromatic rings. The van der Waals surface area contributed by atoms with Crippen molar-refractivity contribution in [3.8, 4) is 18.1 Å². The van der Waals surface area contributed by atoms with Gasteiger partial charge < -0.3 is 10.1 Å². The van der Waals surface area contributed by atoms with Crippen LogP contribution in [0.5, 0.6) is 5.75 Å². The number of hydrogen-bond acceptors (Lipinski definition) is 3.